The van der Waals surface area contributed by atoms with Crippen LogP contribution in [0.5, 0.6) is 0 Å². The van der Waals surface area contributed by atoms with E-state index in [1.807, 2.05) is 0 Å². The summed E-state index contributed by atoms with van der Waals surface area (Å²) in [5, 5.41) is 10.8. The van der Waals surface area contributed by atoms with Crippen molar-refractivity contribution < 1.29 is 64.6 Å². The van der Waals surface area contributed by atoms with Gasteiger partial charge >= 0.3 is 24.5 Å². The predicted octanol–water partition coefficient (Wildman–Crippen LogP) is 9.47. The highest BCUT2D eigenvalue weighted by Gasteiger charge is 2.46. The minimum atomic E-state index is -4.59. The van der Waals surface area contributed by atoms with Gasteiger partial charge in [0.15, 0.2) is 0 Å². The molecule has 4 aromatic rings. The number of anilines is 2. The summed E-state index contributed by atoms with van der Waals surface area (Å²) in [6.07, 6.45) is -13.4. The van der Waals surface area contributed by atoms with Crippen LogP contribution in [0.4, 0.5) is 47.3 Å². The van der Waals surface area contributed by atoms with Crippen LogP contribution in [0.3, 0.4) is 0 Å². The Bertz CT molecular complexity index is 2420. The highest BCUT2D eigenvalue weighted by molar-refractivity contribution is 6.01. The Kier molecular flexibility index (Phi) is 15.9. The normalized spacial score (nSPS) is 17.9. The van der Waals surface area contributed by atoms with Crippen molar-refractivity contribution in [3.63, 3.8) is 0 Å². The molecule has 4 aromatic carbocycles. The maximum Gasteiger partial charge on any atom is 0.407 e. The molecule has 2 fully saturated rings. The van der Waals surface area contributed by atoms with Gasteiger partial charge < -0.3 is 40.5 Å². The summed E-state index contributed by atoms with van der Waals surface area (Å²) in [7, 11) is 2.29. The topological polar surface area (TPSA) is 175 Å². The summed E-state index contributed by atoms with van der Waals surface area (Å²) in [5.41, 5.74) is 1.54. The minimum absolute atomic E-state index is 0.179. The lowest BCUT2D eigenvalue weighted by molar-refractivity contribution is -0.138. The molecule has 0 unspecified atom stereocenters. The number of hydrogen-bond acceptors (Lipinski definition) is 8. The lowest BCUT2D eigenvalue weighted by atomic mass is 9.70. The number of alkyl halides is 6. The zero-order chi connectivity index (χ0) is 51.1. The molecule has 20 heteroatoms. The molecule has 0 aromatic heterocycles. The first-order valence-electron chi connectivity index (χ1n) is 23.3. The third-order valence-electron chi connectivity index (χ3n) is 13.4. The second-order valence-corrected chi connectivity index (χ2v) is 17.9. The van der Waals surface area contributed by atoms with Gasteiger partial charge in [0.25, 0.3) is 11.8 Å². The molecular formula is C51H54F6N6O8. The van der Waals surface area contributed by atoms with E-state index in [0.29, 0.717) is 46.2 Å². The van der Waals surface area contributed by atoms with Crippen LogP contribution < -0.4 is 21.3 Å². The van der Waals surface area contributed by atoms with Crippen molar-refractivity contribution in [2.45, 2.75) is 106 Å². The van der Waals surface area contributed by atoms with Crippen molar-refractivity contribution in [3.8, 4) is 11.1 Å². The van der Waals surface area contributed by atoms with Gasteiger partial charge in [0.1, 0.15) is 24.2 Å². The van der Waals surface area contributed by atoms with Crippen LogP contribution in [0.15, 0.2) is 97.1 Å². The molecule has 0 spiro atoms. The van der Waals surface area contributed by atoms with E-state index in [1.165, 1.54) is 9.80 Å². The first-order chi connectivity index (χ1) is 33.8. The van der Waals surface area contributed by atoms with Gasteiger partial charge in [-0.25, -0.2) is 9.59 Å². The molecule has 1 aliphatic carbocycles. The van der Waals surface area contributed by atoms with Crippen LogP contribution in [0.2, 0.25) is 0 Å². The summed E-state index contributed by atoms with van der Waals surface area (Å²) in [6, 6.07) is 21.8. The van der Waals surface area contributed by atoms with Gasteiger partial charge in [-0.15, -0.1) is 0 Å². The Morgan fingerprint density at radius 2 is 0.972 bits per heavy atom. The summed E-state index contributed by atoms with van der Waals surface area (Å²) >= 11 is 0. The quantitative estimate of drug-likeness (QED) is 0.0803. The number of nitrogens with zero attached hydrogens (tertiary/aromatic N) is 2. The van der Waals surface area contributed by atoms with E-state index < -0.39 is 103 Å². The number of rotatable bonds is 16. The number of methoxy groups -OCH3 is 2. The lowest BCUT2D eigenvalue weighted by Crippen LogP contribution is -2.48. The number of carbonyl (C=O) groups excluding carboxylic acids is 6. The van der Waals surface area contributed by atoms with Gasteiger partial charge in [0.2, 0.25) is 11.8 Å². The van der Waals surface area contributed by atoms with Gasteiger partial charge in [0, 0.05) is 42.7 Å². The van der Waals surface area contributed by atoms with Gasteiger partial charge in [-0.3, -0.25) is 19.2 Å². The van der Waals surface area contributed by atoms with Crippen molar-refractivity contribution in [1.82, 2.24) is 20.4 Å². The fourth-order valence-corrected chi connectivity index (χ4v) is 10.1. The molecule has 2 heterocycles. The van der Waals surface area contributed by atoms with Crippen molar-refractivity contribution in [3.05, 3.63) is 119 Å². The smallest absolute Gasteiger partial charge is 0.407 e. The average molecular weight is 993 g/mol. The third kappa shape index (κ3) is 12.1. The predicted molar refractivity (Wildman–Crippen MR) is 249 cm³/mol. The van der Waals surface area contributed by atoms with Crippen LogP contribution >= 0.6 is 0 Å². The number of amides is 6. The molecule has 6 amide bonds. The van der Waals surface area contributed by atoms with E-state index in [9.17, 15) is 55.1 Å². The molecule has 4 atom stereocenters. The molecule has 14 nitrogen and oxygen atoms in total. The Hall–Kier alpha value is -7.12. The number of alkyl carbamates (subject to hydrolysis) is 2. The highest BCUT2D eigenvalue weighted by atomic mass is 19.4. The molecule has 2 aliphatic heterocycles. The van der Waals surface area contributed by atoms with Crippen molar-refractivity contribution >= 4 is 47.2 Å². The largest absolute Gasteiger partial charge is 0.453 e. The molecule has 71 heavy (non-hydrogen) atoms. The Morgan fingerprint density at radius 3 is 1.32 bits per heavy atom. The number of likely N-dealkylation sites (tertiary alicyclic amines) is 2. The standard InChI is InChI=1S/C51H54F6N6O8/c1-70-47(68)60-41(31-13-5-3-6-14-31)45(66)62-27-9-17-39(62)43(64)58-33-19-21-35-36-22-20-34(30-38(36)49(37(35)29-33,23-11-25-50(52,53)54)24-12-26-51(55,56)57)59-44(65)40-18-10-28-63(40)46(67)42(61-48(69)71-2)32-15-7-4-8-16-32/h3-8,13-16,19-22,29-30,39-42H,9-12,17-18,23-28H2,1-2H3,(H,58,64)(H,59,65)(H,60,68)(H,61,69)/t39-,40-,41+,42+/m0/s1. The zero-order valence-electron chi connectivity index (χ0n) is 39.0. The lowest BCUT2D eigenvalue weighted by Gasteiger charge is -2.34. The van der Waals surface area contributed by atoms with E-state index in [0.717, 1.165) is 14.2 Å². The average Bonchev–Trinajstić information content (AvgIpc) is 4.10. The zero-order valence-corrected chi connectivity index (χ0v) is 39.0. The number of halogens is 6. The fraction of sp³-hybridized carbons (Fsp3) is 0.412. The fourth-order valence-electron chi connectivity index (χ4n) is 10.1. The molecule has 0 bridgehead atoms. The number of carbonyl (C=O) groups is 6. The van der Waals surface area contributed by atoms with E-state index >= 15 is 0 Å². The van der Waals surface area contributed by atoms with E-state index in [-0.39, 0.29) is 50.1 Å². The SMILES string of the molecule is COC(=O)N[C@@H](C(=O)N1CCC[C@H]1C(=O)Nc1ccc2c(c1)C(CCCC(F)(F)F)(CCCC(F)(F)F)c1cc(NC(=O)[C@@H]3CCCN3C(=O)[C@H](NC(=O)OC)c3ccccc3)ccc1-2)c1ccccc1. The van der Waals surface area contributed by atoms with Crippen molar-refractivity contribution in [2.24, 2.45) is 0 Å². The Labute approximate surface area is 405 Å². The summed E-state index contributed by atoms with van der Waals surface area (Å²) in [6.45, 7) is 0.359. The summed E-state index contributed by atoms with van der Waals surface area (Å²) in [4.78, 5) is 83.8. The van der Waals surface area contributed by atoms with Crippen LogP contribution in [0.25, 0.3) is 11.1 Å². The maximum atomic E-state index is 14.1. The third-order valence-corrected chi connectivity index (χ3v) is 13.4. The molecule has 7 rings (SSSR count). The number of ether oxygens (including phenoxy) is 2. The molecule has 3 aliphatic rings. The highest BCUT2D eigenvalue weighted by Crippen LogP contribution is 2.56. The molecule has 0 saturated carbocycles. The molecule has 0 radical (unpaired) electrons. The maximum absolute atomic E-state index is 14.1. The molecular weight excluding hydrogens is 939 g/mol. The number of benzene rings is 4. The minimum Gasteiger partial charge on any atom is -0.453 e. The van der Waals surface area contributed by atoms with Gasteiger partial charge in [-0.2, -0.15) is 26.3 Å². The van der Waals surface area contributed by atoms with Crippen LogP contribution in [-0.4, -0.2) is 97.4 Å². The molecule has 2 saturated heterocycles. The number of hydrogen-bond donors (Lipinski definition) is 4. The van der Waals surface area contributed by atoms with Crippen LogP contribution in [0, 0.1) is 0 Å². The van der Waals surface area contributed by atoms with E-state index in [4.69, 9.17) is 9.47 Å². The first-order valence-corrected chi connectivity index (χ1v) is 23.3. The summed E-state index contributed by atoms with van der Waals surface area (Å²) in [5.74, 6) is -2.34. The second-order valence-electron chi connectivity index (χ2n) is 17.9. The van der Waals surface area contributed by atoms with Gasteiger partial charge in [-0.1, -0.05) is 72.8 Å². The molecule has 4 N–H and O–H groups in total. The number of nitrogens with one attached hydrogen (secondary N) is 4. The van der Waals surface area contributed by atoms with Crippen LogP contribution in [0.1, 0.15) is 98.5 Å². The van der Waals surface area contributed by atoms with E-state index in [2.05, 4.69) is 21.3 Å². The van der Waals surface area contributed by atoms with Gasteiger partial charge in [-0.05, 0) is 109 Å². The Morgan fingerprint density at radius 1 is 0.592 bits per heavy atom. The van der Waals surface area contributed by atoms with Crippen molar-refractivity contribution in [1.29, 1.82) is 0 Å². The summed E-state index contributed by atoms with van der Waals surface area (Å²) < 4.78 is 92.6. The first kappa shape index (κ1) is 51.7. The molecule has 378 valence electrons. The monoisotopic (exact) mass is 992 g/mol. The van der Waals surface area contributed by atoms with Crippen LogP contribution in [-0.2, 0) is 34.1 Å². The van der Waals surface area contributed by atoms with E-state index in [1.54, 1.807) is 97.1 Å². The van der Waals surface area contributed by atoms with Gasteiger partial charge in [0.05, 0.1) is 14.2 Å². The second kappa shape index (κ2) is 21.9. The number of fused-ring (bicyclic) bond motifs is 3. The Balaban J connectivity index is 1.19. The van der Waals surface area contributed by atoms with Crippen molar-refractivity contribution in [2.75, 3.05) is 37.9 Å².